The van der Waals surface area contributed by atoms with Crippen LogP contribution in [-0.4, -0.2) is 42.0 Å². The van der Waals surface area contributed by atoms with E-state index in [2.05, 4.69) is 39.4 Å². The molecule has 36 heavy (non-hydrogen) atoms. The third-order valence-corrected chi connectivity index (χ3v) is 6.33. The van der Waals surface area contributed by atoms with Crippen molar-refractivity contribution in [3.63, 3.8) is 0 Å². The average Bonchev–Trinajstić information content (AvgIpc) is 3.26. The number of piperazine rings is 1. The van der Waals surface area contributed by atoms with Crippen molar-refractivity contribution in [1.82, 2.24) is 9.88 Å². The molecular formula is C28H26F2N4O2. The van der Waals surface area contributed by atoms with E-state index in [1.54, 1.807) is 24.3 Å². The molecule has 0 aliphatic carbocycles. The van der Waals surface area contributed by atoms with E-state index >= 15 is 0 Å². The Morgan fingerprint density at radius 3 is 2.39 bits per heavy atom. The highest BCUT2D eigenvalue weighted by molar-refractivity contribution is 6.04. The Balaban J connectivity index is 1.21. The molecular weight excluding hydrogens is 462 g/mol. The van der Waals surface area contributed by atoms with Gasteiger partial charge in [-0.25, -0.2) is 13.8 Å². The van der Waals surface area contributed by atoms with Crippen LogP contribution in [0, 0.1) is 18.6 Å². The number of rotatable bonds is 6. The van der Waals surface area contributed by atoms with Crippen LogP contribution in [0.3, 0.4) is 0 Å². The van der Waals surface area contributed by atoms with Gasteiger partial charge in [-0.2, -0.15) is 0 Å². The zero-order valence-corrected chi connectivity index (χ0v) is 19.9. The molecule has 1 fully saturated rings. The van der Waals surface area contributed by atoms with Gasteiger partial charge in [0.15, 0.2) is 0 Å². The molecule has 0 unspecified atom stereocenters. The van der Waals surface area contributed by atoms with E-state index in [1.165, 1.54) is 11.8 Å². The lowest BCUT2D eigenvalue weighted by atomic mass is 10.1. The molecule has 1 aliphatic heterocycles. The Morgan fingerprint density at radius 2 is 1.69 bits per heavy atom. The molecule has 184 valence electrons. The Kier molecular flexibility index (Phi) is 6.77. The topological polar surface area (TPSA) is 61.6 Å². The number of hydrogen-bond donors (Lipinski definition) is 1. The molecule has 5 rings (SSSR count). The maximum atomic E-state index is 13.8. The van der Waals surface area contributed by atoms with Gasteiger partial charge in [0.1, 0.15) is 17.4 Å². The lowest BCUT2D eigenvalue weighted by Gasteiger charge is -2.35. The summed E-state index contributed by atoms with van der Waals surface area (Å²) in [6, 6.07) is 20.2. The van der Waals surface area contributed by atoms with Crippen molar-refractivity contribution in [2.45, 2.75) is 13.5 Å². The van der Waals surface area contributed by atoms with Crippen LogP contribution < -0.4 is 10.2 Å². The van der Waals surface area contributed by atoms with Crippen molar-refractivity contribution in [2.24, 2.45) is 0 Å². The van der Waals surface area contributed by atoms with Crippen LogP contribution in [-0.2, 0) is 6.54 Å². The second-order valence-electron chi connectivity index (χ2n) is 8.78. The first-order valence-electron chi connectivity index (χ1n) is 11.8. The molecule has 2 heterocycles. The van der Waals surface area contributed by atoms with Gasteiger partial charge in [0.2, 0.25) is 5.89 Å². The highest BCUT2D eigenvalue weighted by Gasteiger charge is 2.20. The van der Waals surface area contributed by atoms with Crippen LogP contribution in [0.15, 0.2) is 77.2 Å². The van der Waals surface area contributed by atoms with Crippen molar-refractivity contribution < 1.29 is 18.0 Å². The van der Waals surface area contributed by atoms with Crippen LogP contribution in [0.5, 0.6) is 0 Å². The summed E-state index contributed by atoms with van der Waals surface area (Å²) >= 11 is 0. The van der Waals surface area contributed by atoms with E-state index in [-0.39, 0.29) is 5.69 Å². The molecule has 3 aromatic carbocycles. The number of hydrogen-bond acceptors (Lipinski definition) is 5. The standard InChI is InChI=1S/C28H26F2N4O2/c1-19-26(18-33-13-15-34(16-14-33)23-5-3-2-4-6-23)32-28(36-19)21-9-7-20(8-10-21)27(35)31-25-12-11-22(29)17-24(25)30/h2-12,17H,13-16,18H2,1H3,(H,31,35). The predicted molar refractivity (Wildman–Crippen MR) is 135 cm³/mol. The first kappa shape index (κ1) is 23.7. The SMILES string of the molecule is Cc1oc(-c2ccc(C(=O)Nc3ccc(F)cc3F)cc2)nc1CN1CCN(c2ccccc2)CC1. The monoisotopic (exact) mass is 488 g/mol. The lowest BCUT2D eigenvalue weighted by Crippen LogP contribution is -2.46. The van der Waals surface area contributed by atoms with Crippen molar-refractivity contribution in [3.8, 4) is 11.5 Å². The fourth-order valence-electron chi connectivity index (χ4n) is 4.26. The normalized spacial score (nSPS) is 14.1. The van der Waals surface area contributed by atoms with Gasteiger partial charge in [-0.15, -0.1) is 0 Å². The third-order valence-electron chi connectivity index (χ3n) is 6.33. The highest BCUT2D eigenvalue weighted by Crippen LogP contribution is 2.24. The van der Waals surface area contributed by atoms with Gasteiger partial charge in [-0.05, 0) is 55.5 Å². The highest BCUT2D eigenvalue weighted by atomic mass is 19.1. The van der Waals surface area contributed by atoms with Crippen molar-refractivity contribution >= 4 is 17.3 Å². The van der Waals surface area contributed by atoms with Crippen LogP contribution >= 0.6 is 0 Å². The zero-order valence-electron chi connectivity index (χ0n) is 19.9. The van der Waals surface area contributed by atoms with Gasteiger partial charge in [-0.1, -0.05) is 18.2 Å². The van der Waals surface area contributed by atoms with E-state index < -0.39 is 17.5 Å². The summed E-state index contributed by atoms with van der Waals surface area (Å²) < 4.78 is 32.8. The number of nitrogens with one attached hydrogen (secondary N) is 1. The number of aromatic nitrogens is 1. The summed E-state index contributed by atoms with van der Waals surface area (Å²) in [5.41, 5.74) is 3.14. The van der Waals surface area contributed by atoms with Gasteiger partial charge in [0, 0.05) is 55.6 Å². The minimum absolute atomic E-state index is 0.0805. The molecule has 1 aromatic heterocycles. The molecule has 6 nitrogen and oxygen atoms in total. The van der Waals surface area contributed by atoms with Gasteiger partial charge >= 0.3 is 0 Å². The smallest absolute Gasteiger partial charge is 0.255 e. The quantitative estimate of drug-likeness (QED) is 0.388. The van der Waals surface area contributed by atoms with E-state index in [0.29, 0.717) is 18.0 Å². The first-order chi connectivity index (χ1) is 17.5. The van der Waals surface area contributed by atoms with E-state index in [9.17, 15) is 13.6 Å². The molecule has 1 N–H and O–H groups in total. The van der Waals surface area contributed by atoms with Gasteiger partial charge in [-0.3, -0.25) is 9.69 Å². The minimum atomic E-state index is -0.829. The molecule has 0 radical (unpaired) electrons. The fourth-order valence-corrected chi connectivity index (χ4v) is 4.26. The number of anilines is 2. The number of aryl methyl sites for hydroxylation is 1. The number of carbonyl (C=O) groups is 1. The number of oxazole rings is 1. The van der Waals surface area contributed by atoms with Gasteiger partial charge in [0.05, 0.1) is 11.4 Å². The summed E-state index contributed by atoms with van der Waals surface area (Å²) in [6.45, 7) is 6.41. The molecule has 8 heteroatoms. The summed E-state index contributed by atoms with van der Waals surface area (Å²) in [7, 11) is 0. The molecule has 1 saturated heterocycles. The fraction of sp³-hybridized carbons (Fsp3) is 0.214. The second-order valence-corrected chi connectivity index (χ2v) is 8.78. The van der Waals surface area contributed by atoms with E-state index in [0.717, 1.165) is 55.3 Å². The Labute approximate surface area is 208 Å². The number of halogens is 2. The molecule has 1 aliphatic rings. The number of para-hydroxylation sites is 1. The van der Waals surface area contributed by atoms with Crippen molar-refractivity contribution in [3.05, 3.63) is 101 Å². The first-order valence-corrected chi connectivity index (χ1v) is 11.8. The largest absolute Gasteiger partial charge is 0.441 e. The summed E-state index contributed by atoms with van der Waals surface area (Å²) in [4.78, 5) is 21.9. The molecule has 0 bridgehead atoms. The maximum absolute atomic E-state index is 13.8. The van der Waals surface area contributed by atoms with Crippen LogP contribution in [0.1, 0.15) is 21.8 Å². The Morgan fingerprint density at radius 1 is 0.972 bits per heavy atom. The number of nitrogens with zero attached hydrogens (tertiary/aromatic N) is 3. The van der Waals surface area contributed by atoms with Crippen LogP contribution in [0.25, 0.3) is 11.5 Å². The van der Waals surface area contributed by atoms with Gasteiger partial charge < -0.3 is 14.6 Å². The Bertz CT molecular complexity index is 1350. The number of amides is 1. The average molecular weight is 489 g/mol. The molecule has 4 aromatic rings. The third kappa shape index (κ3) is 5.28. The number of carbonyl (C=O) groups excluding carboxylic acids is 1. The lowest BCUT2D eigenvalue weighted by molar-refractivity contribution is 0.102. The molecule has 0 atom stereocenters. The van der Waals surface area contributed by atoms with Crippen LogP contribution in [0.2, 0.25) is 0 Å². The molecule has 0 spiro atoms. The molecule has 1 amide bonds. The zero-order chi connectivity index (χ0) is 25.1. The maximum Gasteiger partial charge on any atom is 0.255 e. The summed E-state index contributed by atoms with van der Waals surface area (Å²) in [5.74, 6) is -0.772. The van der Waals surface area contributed by atoms with E-state index in [1.807, 2.05) is 13.0 Å². The van der Waals surface area contributed by atoms with Crippen molar-refractivity contribution in [2.75, 3.05) is 36.4 Å². The number of benzene rings is 3. The summed E-state index contributed by atoms with van der Waals surface area (Å²) in [5, 5.41) is 2.46. The predicted octanol–water partition coefficient (Wildman–Crippen LogP) is 5.50. The minimum Gasteiger partial charge on any atom is -0.441 e. The second kappa shape index (κ2) is 10.3. The summed E-state index contributed by atoms with van der Waals surface area (Å²) in [6.07, 6.45) is 0. The van der Waals surface area contributed by atoms with Crippen molar-refractivity contribution in [1.29, 1.82) is 0 Å². The molecule has 0 saturated carbocycles. The Hall–Kier alpha value is -4.04. The van der Waals surface area contributed by atoms with Crippen LogP contribution in [0.4, 0.5) is 20.2 Å². The van der Waals surface area contributed by atoms with Gasteiger partial charge in [0.25, 0.3) is 5.91 Å². The van der Waals surface area contributed by atoms with E-state index in [4.69, 9.17) is 9.40 Å².